The molecule has 5 heteroatoms. The van der Waals surface area contributed by atoms with Crippen LogP contribution in [0.15, 0.2) is 34.8 Å². The lowest BCUT2D eigenvalue weighted by molar-refractivity contribution is 0.639. The van der Waals surface area contributed by atoms with Crippen LogP contribution in [-0.2, 0) is 0 Å². The standard InChI is InChI=1S/C6H6BrNOP2/c7-10-8-11-9-6-4-2-1-3-5-6/h1-5,10H. The molecule has 0 saturated carbocycles. The van der Waals surface area contributed by atoms with Crippen molar-refractivity contribution in [2.75, 3.05) is 0 Å². The van der Waals surface area contributed by atoms with Crippen LogP contribution in [0.4, 0.5) is 0 Å². The quantitative estimate of drug-likeness (QED) is 0.742. The lowest BCUT2D eigenvalue weighted by Gasteiger charge is -1.93. The molecular formula is C6H6BrNOP2. The molecule has 0 bridgehead atoms. The van der Waals surface area contributed by atoms with Gasteiger partial charge in [0, 0.05) is 0 Å². The first-order chi connectivity index (χ1) is 5.43. The number of hydrogen-bond acceptors (Lipinski definition) is 2. The van der Waals surface area contributed by atoms with Gasteiger partial charge in [-0.2, -0.15) is 4.52 Å². The summed E-state index contributed by atoms with van der Waals surface area (Å²) in [6, 6.07) is 9.62. The molecule has 1 rings (SSSR count). The van der Waals surface area contributed by atoms with Gasteiger partial charge in [-0.1, -0.05) is 18.2 Å². The first kappa shape index (κ1) is 9.12. The Bertz CT molecular complexity index is 229. The van der Waals surface area contributed by atoms with Gasteiger partial charge in [0.2, 0.25) is 8.60 Å². The highest BCUT2D eigenvalue weighted by atomic mass is 79.9. The van der Waals surface area contributed by atoms with Crippen molar-refractivity contribution in [2.45, 2.75) is 0 Å². The van der Waals surface area contributed by atoms with Crippen molar-refractivity contribution < 1.29 is 4.52 Å². The summed E-state index contributed by atoms with van der Waals surface area (Å²) in [6.45, 7) is 0. The van der Waals surface area contributed by atoms with Crippen LogP contribution in [-0.4, -0.2) is 0 Å². The van der Waals surface area contributed by atoms with Crippen LogP contribution in [0.2, 0.25) is 0 Å². The second-order valence-electron chi connectivity index (χ2n) is 1.67. The number of hydrogen-bond donors (Lipinski definition) is 0. The van der Waals surface area contributed by atoms with Gasteiger partial charge in [0.05, 0.1) is 7.43 Å². The molecule has 11 heavy (non-hydrogen) atoms. The predicted octanol–water partition coefficient (Wildman–Crippen LogP) is 4.01. The maximum atomic E-state index is 5.23. The van der Waals surface area contributed by atoms with E-state index in [4.69, 9.17) is 4.52 Å². The Morgan fingerprint density at radius 3 is 2.73 bits per heavy atom. The zero-order chi connectivity index (χ0) is 7.94. The Morgan fingerprint density at radius 2 is 2.09 bits per heavy atom. The number of halogens is 1. The maximum Gasteiger partial charge on any atom is 0.246 e. The zero-order valence-corrected chi connectivity index (χ0v) is 9.05. The molecule has 1 aromatic rings. The highest BCUT2D eigenvalue weighted by molar-refractivity contribution is 9.36. The van der Waals surface area contributed by atoms with E-state index >= 15 is 0 Å². The number of benzene rings is 1. The minimum Gasteiger partial charge on any atom is -0.423 e. The molecule has 0 fully saturated rings. The SMILES string of the molecule is BrPN=POc1ccccc1. The molecule has 0 heterocycles. The van der Waals surface area contributed by atoms with Crippen molar-refractivity contribution in [3.05, 3.63) is 30.3 Å². The number of nitrogens with zero attached hydrogens (tertiary/aromatic N) is 1. The van der Waals surface area contributed by atoms with Crippen LogP contribution in [0.1, 0.15) is 0 Å². The largest absolute Gasteiger partial charge is 0.423 e. The van der Waals surface area contributed by atoms with Crippen molar-refractivity contribution in [3.63, 3.8) is 0 Å². The molecule has 0 radical (unpaired) electrons. The summed E-state index contributed by atoms with van der Waals surface area (Å²) in [4.78, 5) is 0. The Balaban J connectivity index is 2.45. The third-order valence-electron chi connectivity index (χ3n) is 0.968. The molecule has 0 saturated heterocycles. The fourth-order valence-corrected chi connectivity index (χ4v) is 1.65. The second kappa shape index (κ2) is 5.65. The van der Waals surface area contributed by atoms with E-state index in [0.29, 0.717) is 16.0 Å². The van der Waals surface area contributed by atoms with Gasteiger partial charge >= 0.3 is 0 Å². The van der Waals surface area contributed by atoms with Gasteiger partial charge in [-0.05, 0) is 27.6 Å². The van der Waals surface area contributed by atoms with Crippen LogP contribution in [0.25, 0.3) is 0 Å². The van der Waals surface area contributed by atoms with Gasteiger partial charge < -0.3 is 4.52 Å². The topological polar surface area (TPSA) is 21.6 Å². The lowest BCUT2D eigenvalue weighted by atomic mass is 10.3. The van der Waals surface area contributed by atoms with E-state index in [0.717, 1.165) is 5.75 Å². The minimum atomic E-state index is 0.410. The average Bonchev–Trinajstić information content (AvgIpc) is 2.07. The molecule has 1 unspecified atom stereocenters. The molecule has 0 aromatic heterocycles. The molecule has 58 valence electrons. The molecule has 2 nitrogen and oxygen atoms in total. The van der Waals surface area contributed by atoms with Crippen LogP contribution in [0, 0.1) is 0 Å². The summed E-state index contributed by atoms with van der Waals surface area (Å²) < 4.78 is 9.19. The van der Waals surface area contributed by atoms with Crippen LogP contribution >= 0.6 is 31.5 Å². The fourth-order valence-electron chi connectivity index (χ4n) is 0.564. The van der Waals surface area contributed by atoms with Crippen molar-refractivity contribution in [3.8, 4) is 5.75 Å². The smallest absolute Gasteiger partial charge is 0.246 e. The highest BCUT2D eigenvalue weighted by Gasteiger charge is 1.85. The summed E-state index contributed by atoms with van der Waals surface area (Å²) in [5, 5.41) is 0. The fraction of sp³-hybridized carbons (Fsp3) is 0. The monoisotopic (exact) mass is 249 g/mol. The highest BCUT2D eigenvalue weighted by Crippen LogP contribution is 2.27. The predicted molar refractivity (Wildman–Crippen MR) is 53.7 cm³/mol. The molecule has 1 atom stereocenters. The Labute approximate surface area is 76.9 Å². The minimum absolute atomic E-state index is 0.410. The van der Waals surface area contributed by atoms with Gasteiger partial charge in [-0.25, -0.2) is 0 Å². The third-order valence-corrected chi connectivity index (χ3v) is 3.32. The van der Waals surface area contributed by atoms with Gasteiger partial charge in [0.1, 0.15) is 5.75 Å². The van der Waals surface area contributed by atoms with Gasteiger partial charge in [-0.15, -0.1) is 0 Å². The van der Waals surface area contributed by atoms with Gasteiger partial charge in [0.15, 0.2) is 0 Å². The van der Waals surface area contributed by atoms with E-state index < -0.39 is 0 Å². The number of para-hydroxylation sites is 1. The van der Waals surface area contributed by atoms with E-state index in [1.165, 1.54) is 0 Å². The van der Waals surface area contributed by atoms with E-state index in [2.05, 4.69) is 20.0 Å². The Morgan fingerprint density at radius 1 is 1.36 bits per heavy atom. The third kappa shape index (κ3) is 3.81. The van der Waals surface area contributed by atoms with Crippen LogP contribution in [0.5, 0.6) is 5.75 Å². The first-order valence-electron chi connectivity index (χ1n) is 2.91. The molecule has 0 aliphatic rings. The lowest BCUT2D eigenvalue weighted by Crippen LogP contribution is -1.70. The average molecular weight is 250 g/mol. The normalized spacial score (nSPS) is 11.4. The molecule has 0 aliphatic heterocycles. The van der Waals surface area contributed by atoms with Crippen molar-refractivity contribution in [1.29, 1.82) is 0 Å². The van der Waals surface area contributed by atoms with E-state index in [-0.39, 0.29) is 0 Å². The zero-order valence-electron chi connectivity index (χ0n) is 5.57. The van der Waals surface area contributed by atoms with E-state index in [1.807, 2.05) is 30.3 Å². The summed E-state index contributed by atoms with van der Waals surface area (Å²) in [6.07, 6.45) is 0. The van der Waals surface area contributed by atoms with Crippen molar-refractivity contribution in [2.24, 2.45) is 4.52 Å². The van der Waals surface area contributed by atoms with E-state index in [9.17, 15) is 0 Å². The maximum absolute atomic E-state index is 5.23. The van der Waals surface area contributed by atoms with Gasteiger partial charge in [-0.3, -0.25) is 0 Å². The second-order valence-corrected chi connectivity index (χ2v) is 4.05. The summed E-state index contributed by atoms with van der Waals surface area (Å²) in [7, 11) is 1.06. The number of rotatable bonds is 3. The van der Waals surface area contributed by atoms with E-state index in [1.54, 1.807) is 0 Å². The molecule has 0 amide bonds. The Kier molecular flexibility index (Phi) is 4.69. The molecule has 0 aliphatic carbocycles. The molecule has 1 aromatic carbocycles. The van der Waals surface area contributed by atoms with Crippen LogP contribution < -0.4 is 4.52 Å². The van der Waals surface area contributed by atoms with Crippen LogP contribution in [0.3, 0.4) is 0 Å². The molecular weight excluding hydrogens is 244 g/mol. The Hall–Kier alpha value is 0.0300. The molecule has 0 spiro atoms. The first-order valence-corrected chi connectivity index (χ1v) is 6.88. The summed E-state index contributed by atoms with van der Waals surface area (Å²) in [5.41, 5.74) is 0. The summed E-state index contributed by atoms with van der Waals surface area (Å²) in [5.74, 6) is 0.851. The van der Waals surface area contributed by atoms with Crippen molar-refractivity contribution in [1.82, 2.24) is 0 Å². The molecule has 0 N–H and O–H groups in total. The van der Waals surface area contributed by atoms with Crippen molar-refractivity contribution >= 4 is 31.5 Å². The van der Waals surface area contributed by atoms with Gasteiger partial charge in [0.25, 0.3) is 0 Å². The summed E-state index contributed by atoms with van der Waals surface area (Å²) >= 11 is 3.20.